The molecule has 2 rings (SSSR count). The molecular weight excluding hydrogens is 260 g/mol. The van der Waals surface area contributed by atoms with E-state index in [9.17, 15) is 5.11 Å². The van der Waals surface area contributed by atoms with Crippen LogP contribution in [0.2, 0.25) is 5.02 Å². The molecule has 62 valence electrons. The lowest BCUT2D eigenvalue weighted by Gasteiger charge is -1.92. The molecule has 0 saturated carbocycles. The van der Waals surface area contributed by atoms with Gasteiger partial charge in [-0.2, -0.15) is 0 Å². The van der Waals surface area contributed by atoms with E-state index < -0.39 is 0 Å². The fourth-order valence-corrected chi connectivity index (χ4v) is 3.10. The van der Waals surface area contributed by atoms with Crippen LogP contribution in [0.25, 0.3) is 10.1 Å². The van der Waals surface area contributed by atoms with Gasteiger partial charge in [0.05, 0.1) is 0 Å². The highest BCUT2D eigenvalue weighted by molar-refractivity contribution is 9.10. The van der Waals surface area contributed by atoms with Gasteiger partial charge in [0, 0.05) is 14.6 Å². The van der Waals surface area contributed by atoms with E-state index in [0.29, 0.717) is 5.02 Å². The van der Waals surface area contributed by atoms with Crippen molar-refractivity contribution in [2.75, 3.05) is 0 Å². The summed E-state index contributed by atoms with van der Waals surface area (Å²) in [6.07, 6.45) is 0. The van der Waals surface area contributed by atoms with Gasteiger partial charge in [-0.1, -0.05) is 44.9 Å². The monoisotopic (exact) mass is 262 g/mol. The van der Waals surface area contributed by atoms with Gasteiger partial charge >= 0.3 is 0 Å². The van der Waals surface area contributed by atoms with Crippen molar-refractivity contribution in [1.29, 1.82) is 0 Å². The van der Waals surface area contributed by atoms with Crippen molar-refractivity contribution < 1.29 is 5.11 Å². The Bertz CT molecular complexity index is 438. The molecule has 0 atom stereocenters. The van der Waals surface area contributed by atoms with Gasteiger partial charge in [-0.05, 0) is 12.1 Å². The molecule has 0 spiro atoms. The van der Waals surface area contributed by atoms with Gasteiger partial charge in [-0.15, -0.1) is 0 Å². The van der Waals surface area contributed by atoms with Crippen molar-refractivity contribution in [2.24, 2.45) is 0 Å². The van der Waals surface area contributed by atoms with Crippen LogP contribution in [0.1, 0.15) is 0 Å². The van der Waals surface area contributed by atoms with Gasteiger partial charge < -0.3 is 5.11 Å². The molecular formula is C8H4BrClOS. The van der Waals surface area contributed by atoms with Crippen LogP contribution in [-0.2, 0) is 0 Å². The first-order valence-electron chi connectivity index (χ1n) is 3.25. The van der Waals surface area contributed by atoms with E-state index >= 15 is 0 Å². The summed E-state index contributed by atoms with van der Waals surface area (Å²) in [6, 6.07) is 5.75. The van der Waals surface area contributed by atoms with Crippen molar-refractivity contribution in [3.05, 3.63) is 27.7 Å². The lowest BCUT2D eigenvalue weighted by molar-refractivity contribution is 0.491. The third-order valence-corrected chi connectivity index (χ3v) is 3.69. The zero-order valence-electron chi connectivity index (χ0n) is 5.84. The van der Waals surface area contributed by atoms with Gasteiger partial charge in [0.15, 0.2) is 5.06 Å². The van der Waals surface area contributed by atoms with Crippen LogP contribution in [0, 0.1) is 0 Å². The van der Waals surface area contributed by atoms with Gasteiger partial charge in [-0.3, -0.25) is 0 Å². The van der Waals surface area contributed by atoms with Crippen LogP contribution < -0.4 is 0 Å². The molecule has 1 aromatic heterocycles. The number of fused-ring (bicyclic) bond motifs is 1. The Kier molecular flexibility index (Phi) is 2.02. The second kappa shape index (κ2) is 2.91. The lowest BCUT2D eigenvalue weighted by atomic mass is 10.3. The lowest BCUT2D eigenvalue weighted by Crippen LogP contribution is -1.66. The van der Waals surface area contributed by atoms with E-state index in [2.05, 4.69) is 15.9 Å². The van der Waals surface area contributed by atoms with Crippen LogP contribution in [0.3, 0.4) is 0 Å². The topological polar surface area (TPSA) is 20.2 Å². The summed E-state index contributed by atoms with van der Waals surface area (Å²) in [5, 5.41) is 10.8. The molecule has 0 unspecified atom stereocenters. The highest BCUT2D eigenvalue weighted by Crippen LogP contribution is 2.43. The predicted molar refractivity (Wildman–Crippen MR) is 56.2 cm³/mol. The van der Waals surface area contributed by atoms with Crippen LogP contribution in [0.5, 0.6) is 5.06 Å². The van der Waals surface area contributed by atoms with E-state index in [4.69, 9.17) is 11.6 Å². The molecule has 1 nitrogen and oxygen atoms in total. The minimum absolute atomic E-state index is 0.179. The Morgan fingerprint density at radius 3 is 2.83 bits per heavy atom. The van der Waals surface area contributed by atoms with Gasteiger partial charge in [0.2, 0.25) is 0 Å². The zero-order chi connectivity index (χ0) is 8.72. The predicted octanol–water partition coefficient (Wildman–Crippen LogP) is 4.02. The molecule has 0 aliphatic rings. The summed E-state index contributed by atoms with van der Waals surface area (Å²) in [5.74, 6) is 0. The molecule has 1 aromatic carbocycles. The normalized spacial score (nSPS) is 10.8. The van der Waals surface area contributed by atoms with Gasteiger partial charge in [-0.25, -0.2) is 0 Å². The van der Waals surface area contributed by atoms with E-state index in [0.717, 1.165) is 14.6 Å². The number of benzene rings is 1. The highest BCUT2D eigenvalue weighted by atomic mass is 79.9. The number of hydrogen-bond acceptors (Lipinski definition) is 2. The van der Waals surface area contributed by atoms with Crippen molar-refractivity contribution in [1.82, 2.24) is 0 Å². The minimum Gasteiger partial charge on any atom is -0.498 e. The zero-order valence-corrected chi connectivity index (χ0v) is 9.00. The second-order valence-electron chi connectivity index (χ2n) is 2.33. The molecule has 0 amide bonds. The number of rotatable bonds is 0. The Labute approximate surface area is 86.7 Å². The molecule has 0 aliphatic carbocycles. The van der Waals surface area contributed by atoms with E-state index in [1.165, 1.54) is 11.3 Å². The van der Waals surface area contributed by atoms with Crippen molar-refractivity contribution in [3.8, 4) is 5.06 Å². The van der Waals surface area contributed by atoms with Crippen molar-refractivity contribution in [2.45, 2.75) is 0 Å². The summed E-state index contributed by atoms with van der Waals surface area (Å²) in [6.45, 7) is 0. The summed E-state index contributed by atoms with van der Waals surface area (Å²) in [5.41, 5.74) is 0. The van der Waals surface area contributed by atoms with Crippen LogP contribution in [-0.4, -0.2) is 5.11 Å². The smallest absolute Gasteiger partial charge is 0.191 e. The molecule has 1 N–H and O–H groups in total. The van der Waals surface area contributed by atoms with Gasteiger partial charge in [0.1, 0.15) is 5.02 Å². The Morgan fingerprint density at radius 1 is 1.42 bits per heavy atom. The minimum atomic E-state index is 0.179. The summed E-state index contributed by atoms with van der Waals surface area (Å²) in [4.78, 5) is 0. The third-order valence-electron chi connectivity index (χ3n) is 1.59. The summed E-state index contributed by atoms with van der Waals surface area (Å²) >= 11 is 10.5. The van der Waals surface area contributed by atoms with Crippen molar-refractivity contribution in [3.63, 3.8) is 0 Å². The molecule has 0 saturated heterocycles. The van der Waals surface area contributed by atoms with Crippen molar-refractivity contribution >= 4 is 49.0 Å². The number of thiophene rings is 1. The van der Waals surface area contributed by atoms with Crippen LogP contribution in [0.4, 0.5) is 0 Å². The van der Waals surface area contributed by atoms with E-state index in [1.54, 1.807) is 0 Å². The Morgan fingerprint density at radius 2 is 2.17 bits per heavy atom. The maximum atomic E-state index is 9.33. The molecule has 0 aliphatic heterocycles. The number of aromatic hydroxyl groups is 1. The maximum absolute atomic E-state index is 9.33. The van der Waals surface area contributed by atoms with Gasteiger partial charge in [0.25, 0.3) is 0 Å². The largest absolute Gasteiger partial charge is 0.498 e. The quantitative estimate of drug-likeness (QED) is 0.761. The maximum Gasteiger partial charge on any atom is 0.191 e. The average molecular weight is 264 g/mol. The third kappa shape index (κ3) is 1.13. The SMILES string of the molecule is Oc1sc2cccc(Br)c2c1Cl. The molecule has 0 bridgehead atoms. The van der Waals surface area contributed by atoms with E-state index in [-0.39, 0.29) is 5.06 Å². The molecule has 0 fully saturated rings. The van der Waals surface area contributed by atoms with Crippen LogP contribution >= 0.6 is 38.9 Å². The average Bonchev–Trinajstić information content (AvgIpc) is 2.29. The molecule has 4 heteroatoms. The fourth-order valence-electron chi connectivity index (χ4n) is 1.06. The van der Waals surface area contributed by atoms with Crippen LogP contribution in [0.15, 0.2) is 22.7 Å². The second-order valence-corrected chi connectivity index (χ2v) is 4.60. The summed E-state index contributed by atoms with van der Waals surface area (Å²) < 4.78 is 1.91. The Balaban J connectivity index is 2.97. The first kappa shape index (κ1) is 8.35. The molecule has 1 heterocycles. The Hall–Kier alpha value is -0.250. The first-order valence-corrected chi connectivity index (χ1v) is 5.24. The highest BCUT2D eigenvalue weighted by Gasteiger charge is 2.10. The fraction of sp³-hybridized carbons (Fsp3) is 0. The van der Waals surface area contributed by atoms with E-state index in [1.807, 2.05) is 18.2 Å². The standard InChI is InChI=1S/C8H4BrClOS/c9-4-2-1-3-5-6(4)7(10)8(11)12-5/h1-3,11H. The number of hydrogen-bond donors (Lipinski definition) is 1. The molecule has 0 radical (unpaired) electrons. The summed E-state index contributed by atoms with van der Waals surface area (Å²) in [7, 11) is 0. The number of halogens is 2. The molecule has 12 heavy (non-hydrogen) atoms. The first-order chi connectivity index (χ1) is 5.70. The molecule has 2 aromatic rings.